The van der Waals surface area contributed by atoms with Gasteiger partial charge in [-0.05, 0) is 36.8 Å². The third kappa shape index (κ3) is 5.39. The molecular weight excluding hydrogens is 337 g/mol. The van der Waals surface area contributed by atoms with Gasteiger partial charge in [-0.2, -0.15) is 0 Å². The fourth-order valence-corrected chi connectivity index (χ4v) is 2.31. The van der Waals surface area contributed by atoms with E-state index in [0.29, 0.717) is 28.0 Å². The Morgan fingerprint density at radius 1 is 1.26 bits per heavy atom. The van der Waals surface area contributed by atoms with Gasteiger partial charge in [0.15, 0.2) is 0 Å². The van der Waals surface area contributed by atoms with Crippen LogP contribution in [0.4, 0.5) is 11.4 Å². The number of pyridine rings is 1. The summed E-state index contributed by atoms with van der Waals surface area (Å²) in [5.74, 6) is -0.333. The summed E-state index contributed by atoms with van der Waals surface area (Å²) in [6.07, 6.45) is 2.51. The molecule has 2 rings (SSSR count). The van der Waals surface area contributed by atoms with Gasteiger partial charge in [-0.15, -0.1) is 0 Å². The third-order valence-electron chi connectivity index (χ3n) is 3.03. The van der Waals surface area contributed by atoms with Gasteiger partial charge in [-0.3, -0.25) is 4.79 Å². The van der Waals surface area contributed by atoms with Crippen molar-refractivity contribution in [2.75, 3.05) is 30.9 Å². The van der Waals surface area contributed by atoms with E-state index in [1.54, 1.807) is 43.6 Å². The molecule has 5 nitrogen and oxygen atoms in total. The minimum absolute atomic E-state index is 0.304. The van der Waals surface area contributed by atoms with Crippen molar-refractivity contribution in [3.05, 3.63) is 52.3 Å². The maximum atomic E-state index is 12.2. The number of amides is 1. The number of benzene rings is 1. The van der Waals surface area contributed by atoms with E-state index in [-0.39, 0.29) is 5.91 Å². The maximum absolute atomic E-state index is 12.2. The minimum atomic E-state index is -0.333. The number of aromatic nitrogens is 1. The van der Waals surface area contributed by atoms with Crippen molar-refractivity contribution in [3.8, 4) is 0 Å². The van der Waals surface area contributed by atoms with Gasteiger partial charge in [0.05, 0.1) is 22.6 Å². The molecule has 1 aromatic heterocycles. The van der Waals surface area contributed by atoms with Gasteiger partial charge in [0.1, 0.15) is 5.69 Å². The average Bonchev–Trinajstić information content (AvgIpc) is 2.55. The van der Waals surface area contributed by atoms with Gasteiger partial charge in [-0.1, -0.05) is 23.2 Å². The predicted octanol–water partition coefficient (Wildman–Crippen LogP) is 4.09. The molecule has 0 unspecified atom stereocenters. The summed E-state index contributed by atoms with van der Waals surface area (Å²) in [5, 5.41) is 6.79. The van der Waals surface area contributed by atoms with E-state index in [4.69, 9.17) is 27.9 Å². The second-order valence-corrected chi connectivity index (χ2v) is 5.63. The zero-order valence-corrected chi connectivity index (χ0v) is 14.1. The standard InChI is InChI=1S/C16H17Cl2N3O2/c1-23-8-2-7-19-12-4-6-15(20-10-12)16(22)21-14-5-3-11(17)9-13(14)18/h3-6,9-10,19H,2,7-8H2,1H3,(H,21,22). The molecule has 2 N–H and O–H groups in total. The molecule has 0 bridgehead atoms. The molecule has 7 heteroatoms. The van der Waals surface area contributed by atoms with Crippen LogP contribution in [0.5, 0.6) is 0 Å². The van der Waals surface area contributed by atoms with Crippen molar-refractivity contribution >= 4 is 40.5 Å². The summed E-state index contributed by atoms with van der Waals surface area (Å²) in [6.45, 7) is 1.48. The quantitative estimate of drug-likeness (QED) is 0.735. The van der Waals surface area contributed by atoms with Crippen LogP contribution in [0.3, 0.4) is 0 Å². The number of nitrogens with zero attached hydrogens (tertiary/aromatic N) is 1. The van der Waals surface area contributed by atoms with Gasteiger partial charge >= 0.3 is 0 Å². The number of rotatable bonds is 7. The first-order valence-corrected chi connectivity index (χ1v) is 7.81. The van der Waals surface area contributed by atoms with E-state index in [2.05, 4.69) is 15.6 Å². The molecule has 1 aromatic carbocycles. The maximum Gasteiger partial charge on any atom is 0.274 e. The van der Waals surface area contributed by atoms with Crippen LogP contribution in [-0.4, -0.2) is 31.2 Å². The largest absolute Gasteiger partial charge is 0.385 e. The molecule has 1 amide bonds. The summed E-state index contributed by atoms with van der Waals surface area (Å²) in [6, 6.07) is 8.33. The van der Waals surface area contributed by atoms with Crippen LogP contribution in [0, 0.1) is 0 Å². The van der Waals surface area contributed by atoms with Crippen LogP contribution < -0.4 is 10.6 Å². The van der Waals surface area contributed by atoms with Gasteiger partial charge in [0, 0.05) is 25.3 Å². The second kappa shape index (κ2) is 8.72. The average molecular weight is 354 g/mol. The first-order valence-electron chi connectivity index (χ1n) is 7.05. The lowest BCUT2D eigenvalue weighted by Gasteiger charge is -2.08. The lowest BCUT2D eigenvalue weighted by atomic mass is 10.2. The van der Waals surface area contributed by atoms with E-state index >= 15 is 0 Å². The fourth-order valence-electron chi connectivity index (χ4n) is 1.86. The van der Waals surface area contributed by atoms with Gasteiger partial charge in [-0.25, -0.2) is 4.98 Å². The summed E-state index contributed by atoms with van der Waals surface area (Å²) >= 11 is 11.9. The summed E-state index contributed by atoms with van der Waals surface area (Å²) < 4.78 is 4.98. The lowest BCUT2D eigenvalue weighted by Crippen LogP contribution is -2.14. The normalized spacial score (nSPS) is 10.4. The molecule has 1 heterocycles. The van der Waals surface area contributed by atoms with Crippen molar-refractivity contribution in [2.24, 2.45) is 0 Å². The molecule has 0 aliphatic rings. The van der Waals surface area contributed by atoms with Crippen LogP contribution in [0.25, 0.3) is 0 Å². The van der Waals surface area contributed by atoms with Crippen LogP contribution >= 0.6 is 23.2 Å². The highest BCUT2D eigenvalue weighted by Crippen LogP contribution is 2.25. The second-order valence-electron chi connectivity index (χ2n) is 4.78. The molecule has 23 heavy (non-hydrogen) atoms. The van der Waals surface area contributed by atoms with Crippen LogP contribution in [0.15, 0.2) is 36.5 Å². The van der Waals surface area contributed by atoms with Crippen molar-refractivity contribution in [2.45, 2.75) is 6.42 Å². The number of carbonyl (C=O) groups excluding carboxylic acids is 1. The molecule has 0 spiro atoms. The fraction of sp³-hybridized carbons (Fsp3) is 0.250. The third-order valence-corrected chi connectivity index (χ3v) is 3.58. The highest BCUT2D eigenvalue weighted by atomic mass is 35.5. The molecule has 0 atom stereocenters. The molecule has 0 aliphatic carbocycles. The monoisotopic (exact) mass is 353 g/mol. The minimum Gasteiger partial charge on any atom is -0.385 e. The van der Waals surface area contributed by atoms with Gasteiger partial charge in [0.2, 0.25) is 0 Å². The van der Waals surface area contributed by atoms with Crippen molar-refractivity contribution < 1.29 is 9.53 Å². The molecule has 0 fully saturated rings. The molecule has 2 aromatic rings. The van der Waals surface area contributed by atoms with E-state index in [0.717, 1.165) is 18.7 Å². The van der Waals surface area contributed by atoms with E-state index in [9.17, 15) is 4.79 Å². The molecule has 0 saturated carbocycles. The molecule has 0 saturated heterocycles. The van der Waals surface area contributed by atoms with Gasteiger partial charge < -0.3 is 15.4 Å². The highest BCUT2D eigenvalue weighted by molar-refractivity contribution is 6.36. The van der Waals surface area contributed by atoms with Crippen molar-refractivity contribution in [3.63, 3.8) is 0 Å². The number of hydrogen-bond donors (Lipinski definition) is 2. The first kappa shape index (κ1) is 17.5. The number of methoxy groups -OCH3 is 1. The Hall–Kier alpha value is -1.82. The number of carbonyl (C=O) groups is 1. The Balaban J connectivity index is 1.94. The SMILES string of the molecule is COCCCNc1ccc(C(=O)Nc2ccc(Cl)cc2Cl)nc1. The van der Waals surface area contributed by atoms with E-state index < -0.39 is 0 Å². The Morgan fingerprint density at radius 2 is 2.09 bits per heavy atom. The predicted molar refractivity (Wildman–Crippen MR) is 93.6 cm³/mol. The topological polar surface area (TPSA) is 63.2 Å². The number of anilines is 2. The summed E-state index contributed by atoms with van der Waals surface area (Å²) in [5.41, 5.74) is 1.64. The number of ether oxygens (including phenoxy) is 1. The van der Waals surface area contributed by atoms with Gasteiger partial charge in [0.25, 0.3) is 5.91 Å². The summed E-state index contributed by atoms with van der Waals surface area (Å²) in [4.78, 5) is 16.3. The zero-order valence-electron chi connectivity index (χ0n) is 12.6. The van der Waals surface area contributed by atoms with E-state index in [1.165, 1.54) is 0 Å². The van der Waals surface area contributed by atoms with Crippen LogP contribution in [-0.2, 0) is 4.74 Å². The van der Waals surface area contributed by atoms with Crippen LogP contribution in [0.2, 0.25) is 10.0 Å². The Bertz CT molecular complexity index is 663. The van der Waals surface area contributed by atoms with Crippen molar-refractivity contribution in [1.29, 1.82) is 0 Å². The molecule has 122 valence electrons. The highest BCUT2D eigenvalue weighted by Gasteiger charge is 2.10. The number of nitrogens with one attached hydrogen (secondary N) is 2. The molecule has 0 aliphatic heterocycles. The zero-order chi connectivity index (χ0) is 16.7. The molecular formula is C16H17Cl2N3O2. The van der Waals surface area contributed by atoms with Crippen LogP contribution in [0.1, 0.15) is 16.9 Å². The first-order chi connectivity index (χ1) is 11.1. The number of hydrogen-bond acceptors (Lipinski definition) is 4. The van der Waals surface area contributed by atoms with E-state index in [1.807, 2.05) is 0 Å². The Morgan fingerprint density at radius 3 is 2.74 bits per heavy atom. The molecule has 0 radical (unpaired) electrons. The number of halogens is 2. The lowest BCUT2D eigenvalue weighted by molar-refractivity contribution is 0.102. The smallest absolute Gasteiger partial charge is 0.274 e. The Kier molecular flexibility index (Phi) is 6.65. The van der Waals surface area contributed by atoms with Crippen molar-refractivity contribution in [1.82, 2.24) is 4.98 Å². The summed E-state index contributed by atoms with van der Waals surface area (Å²) in [7, 11) is 1.67. The Labute approximate surface area is 145 Å².